The van der Waals surface area contributed by atoms with Crippen LogP contribution >= 0.6 is 15.9 Å². The number of rotatable bonds is 8. The highest BCUT2D eigenvalue weighted by Crippen LogP contribution is 2.23. The van der Waals surface area contributed by atoms with E-state index in [1.165, 1.54) is 13.3 Å². The van der Waals surface area contributed by atoms with E-state index in [1.54, 1.807) is 72.8 Å². The predicted molar refractivity (Wildman–Crippen MR) is 132 cm³/mol. The molecule has 0 fully saturated rings. The van der Waals surface area contributed by atoms with Crippen molar-refractivity contribution in [3.63, 3.8) is 0 Å². The van der Waals surface area contributed by atoms with Crippen LogP contribution in [-0.4, -0.2) is 37.7 Å². The van der Waals surface area contributed by atoms with Crippen molar-refractivity contribution in [1.82, 2.24) is 5.43 Å². The number of amides is 3. The summed E-state index contributed by atoms with van der Waals surface area (Å²) >= 11 is 3.29. The Hall–Kier alpha value is -4.18. The van der Waals surface area contributed by atoms with Gasteiger partial charge in [-0.25, -0.2) is 5.43 Å². The first-order valence-corrected chi connectivity index (χ1v) is 10.8. The van der Waals surface area contributed by atoms with E-state index in [9.17, 15) is 14.4 Å². The standard InChI is InChI=1S/C24H21BrN4O5/c1-33-21-5-3-2-4-20(21)28-22(30)15-34-19-12-6-16(7-13-19)14-26-29-24(32)23(31)27-18-10-8-17(25)9-11-18/h2-14H,15H2,1H3,(H,27,31)(H,28,30)(H,29,32)/b26-14-. The van der Waals surface area contributed by atoms with E-state index in [4.69, 9.17) is 9.47 Å². The molecule has 10 heteroatoms. The van der Waals surface area contributed by atoms with Gasteiger partial charge in [-0.1, -0.05) is 28.1 Å². The molecule has 0 saturated heterocycles. The molecule has 0 aliphatic rings. The molecule has 0 unspecified atom stereocenters. The van der Waals surface area contributed by atoms with Crippen molar-refractivity contribution in [1.29, 1.82) is 0 Å². The fraction of sp³-hybridized carbons (Fsp3) is 0.0833. The summed E-state index contributed by atoms with van der Waals surface area (Å²) in [7, 11) is 1.52. The molecule has 3 aromatic carbocycles. The van der Waals surface area contributed by atoms with Crippen LogP contribution in [0.3, 0.4) is 0 Å². The van der Waals surface area contributed by atoms with Gasteiger partial charge in [-0.15, -0.1) is 0 Å². The highest BCUT2D eigenvalue weighted by atomic mass is 79.9. The Balaban J connectivity index is 1.43. The highest BCUT2D eigenvalue weighted by Gasteiger charge is 2.12. The van der Waals surface area contributed by atoms with Gasteiger partial charge in [-0.2, -0.15) is 5.10 Å². The van der Waals surface area contributed by atoms with Gasteiger partial charge < -0.3 is 20.1 Å². The molecule has 3 amide bonds. The van der Waals surface area contributed by atoms with Gasteiger partial charge >= 0.3 is 11.8 Å². The van der Waals surface area contributed by atoms with Crippen molar-refractivity contribution in [2.75, 3.05) is 24.4 Å². The van der Waals surface area contributed by atoms with Crippen LogP contribution in [-0.2, 0) is 14.4 Å². The number of para-hydroxylation sites is 2. The van der Waals surface area contributed by atoms with Crippen LogP contribution in [0.25, 0.3) is 0 Å². The summed E-state index contributed by atoms with van der Waals surface area (Å²) in [5.74, 6) is -1.04. The highest BCUT2D eigenvalue weighted by molar-refractivity contribution is 9.10. The first-order chi connectivity index (χ1) is 16.4. The maximum atomic E-state index is 12.1. The molecule has 0 aliphatic heterocycles. The smallest absolute Gasteiger partial charge is 0.329 e. The number of hydrogen-bond donors (Lipinski definition) is 3. The Morgan fingerprint density at radius 3 is 2.32 bits per heavy atom. The lowest BCUT2D eigenvalue weighted by molar-refractivity contribution is -0.136. The van der Waals surface area contributed by atoms with Crippen LogP contribution in [0.1, 0.15) is 5.56 Å². The van der Waals surface area contributed by atoms with Gasteiger partial charge in [0.05, 0.1) is 19.0 Å². The normalized spacial score (nSPS) is 10.4. The number of methoxy groups -OCH3 is 1. The fourth-order valence-corrected chi connectivity index (χ4v) is 2.93. The van der Waals surface area contributed by atoms with Crippen LogP contribution < -0.4 is 25.5 Å². The third-order valence-electron chi connectivity index (χ3n) is 4.32. The largest absolute Gasteiger partial charge is 0.495 e. The van der Waals surface area contributed by atoms with E-state index in [0.717, 1.165) is 4.47 Å². The van der Waals surface area contributed by atoms with Gasteiger partial charge in [-0.05, 0) is 66.2 Å². The van der Waals surface area contributed by atoms with Gasteiger partial charge in [0.25, 0.3) is 5.91 Å². The molecule has 34 heavy (non-hydrogen) atoms. The molecule has 3 N–H and O–H groups in total. The van der Waals surface area contributed by atoms with E-state index in [2.05, 4.69) is 37.1 Å². The summed E-state index contributed by atoms with van der Waals surface area (Å²) in [6, 6.07) is 20.5. The average molecular weight is 525 g/mol. The van der Waals surface area contributed by atoms with Crippen LogP contribution in [0.5, 0.6) is 11.5 Å². The number of halogens is 1. The lowest BCUT2D eigenvalue weighted by Gasteiger charge is -2.10. The molecule has 0 heterocycles. The second-order valence-corrected chi connectivity index (χ2v) is 7.68. The van der Waals surface area contributed by atoms with Crippen LogP contribution in [0.2, 0.25) is 0 Å². The minimum Gasteiger partial charge on any atom is -0.495 e. The van der Waals surface area contributed by atoms with Gasteiger partial charge in [0.15, 0.2) is 6.61 Å². The molecule has 3 rings (SSSR count). The van der Waals surface area contributed by atoms with Gasteiger partial charge in [-0.3, -0.25) is 14.4 Å². The Kier molecular flexibility index (Phi) is 8.75. The number of hydrazone groups is 1. The number of benzene rings is 3. The number of nitrogens with zero attached hydrogens (tertiary/aromatic N) is 1. The Labute approximate surface area is 204 Å². The van der Waals surface area contributed by atoms with Crippen LogP contribution in [0.15, 0.2) is 82.4 Å². The van der Waals surface area contributed by atoms with Crippen molar-refractivity contribution in [3.8, 4) is 11.5 Å². The average Bonchev–Trinajstić information content (AvgIpc) is 2.85. The summed E-state index contributed by atoms with van der Waals surface area (Å²) in [5, 5.41) is 8.97. The molecule has 0 atom stereocenters. The summed E-state index contributed by atoms with van der Waals surface area (Å²) in [6.45, 7) is -0.185. The maximum absolute atomic E-state index is 12.1. The topological polar surface area (TPSA) is 118 Å². The summed E-state index contributed by atoms with van der Waals surface area (Å²) < 4.78 is 11.5. The third-order valence-corrected chi connectivity index (χ3v) is 4.85. The zero-order chi connectivity index (χ0) is 24.3. The van der Waals surface area contributed by atoms with E-state index < -0.39 is 11.8 Å². The van der Waals surface area contributed by atoms with Crippen molar-refractivity contribution >= 4 is 51.2 Å². The number of carbonyl (C=O) groups excluding carboxylic acids is 3. The maximum Gasteiger partial charge on any atom is 0.329 e. The molecule has 9 nitrogen and oxygen atoms in total. The summed E-state index contributed by atoms with van der Waals surface area (Å²) in [4.78, 5) is 35.9. The van der Waals surface area contributed by atoms with Crippen LogP contribution in [0.4, 0.5) is 11.4 Å². The molecule has 3 aromatic rings. The van der Waals surface area contributed by atoms with Gasteiger partial charge in [0.2, 0.25) is 0 Å². The SMILES string of the molecule is COc1ccccc1NC(=O)COc1ccc(/C=N\NC(=O)C(=O)Nc2ccc(Br)cc2)cc1. The van der Waals surface area contributed by atoms with Crippen molar-refractivity contribution in [3.05, 3.63) is 82.8 Å². The summed E-state index contributed by atoms with van der Waals surface area (Å²) in [6.07, 6.45) is 1.38. The molecule has 174 valence electrons. The third kappa shape index (κ3) is 7.45. The molecule has 0 bridgehead atoms. The first kappa shape index (κ1) is 24.5. The fourth-order valence-electron chi connectivity index (χ4n) is 2.67. The number of carbonyl (C=O) groups is 3. The lowest BCUT2D eigenvalue weighted by atomic mass is 10.2. The van der Waals surface area contributed by atoms with Crippen molar-refractivity contribution in [2.45, 2.75) is 0 Å². The van der Waals surface area contributed by atoms with Gasteiger partial charge in [0.1, 0.15) is 11.5 Å². The lowest BCUT2D eigenvalue weighted by Crippen LogP contribution is -2.32. The first-order valence-electron chi connectivity index (χ1n) is 10.0. The second-order valence-electron chi connectivity index (χ2n) is 6.77. The molecule has 0 spiro atoms. The number of nitrogens with one attached hydrogen (secondary N) is 3. The molecule has 0 radical (unpaired) electrons. The second kappa shape index (κ2) is 12.2. The number of anilines is 2. The van der Waals surface area contributed by atoms with Crippen molar-refractivity contribution < 1.29 is 23.9 Å². The number of ether oxygens (including phenoxy) is 2. The zero-order valence-corrected chi connectivity index (χ0v) is 19.7. The molecular weight excluding hydrogens is 504 g/mol. The Bertz CT molecular complexity index is 1180. The number of hydrogen-bond acceptors (Lipinski definition) is 6. The Morgan fingerprint density at radius 2 is 1.62 bits per heavy atom. The van der Waals surface area contributed by atoms with Crippen LogP contribution in [0, 0.1) is 0 Å². The summed E-state index contributed by atoms with van der Waals surface area (Å²) in [5.41, 5.74) is 3.86. The zero-order valence-electron chi connectivity index (χ0n) is 18.1. The molecule has 0 saturated carbocycles. The van der Waals surface area contributed by atoms with E-state index in [-0.39, 0.29) is 12.5 Å². The van der Waals surface area contributed by atoms with E-state index in [1.807, 2.05) is 0 Å². The van der Waals surface area contributed by atoms with Gasteiger partial charge in [0, 0.05) is 10.2 Å². The molecule has 0 aromatic heterocycles. The minimum atomic E-state index is -0.903. The Morgan fingerprint density at radius 1 is 0.912 bits per heavy atom. The van der Waals surface area contributed by atoms with Crippen molar-refractivity contribution in [2.24, 2.45) is 5.10 Å². The predicted octanol–water partition coefficient (Wildman–Crippen LogP) is 3.56. The van der Waals surface area contributed by atoms with E-state index >= 15 is 0 Å². The molecular formula is C24H21BrN4O5. The minimum absolute atomic E-state index is 0.185. The quantitative estimate of drug-likeness (QED) is 0.236. The molecule has 0 aliphatic carbocycles. The monoisotopic (exact) mass is 524 g/mol. The van der Waals surface area contributed by atoms with E-state index in [0.29, 0.717) is 28.4 Å².